The molecule has 0 radical (unpaired) electrons. The fourth-order valence-electron chi connectivity index (χ4n) is 7.37. The summed E-state index contributed by atoms with van der Waals surface area (Å²) in [6.07, 6.45) is 0. The highest BCUT2D eigenvalue weighted by molar-refractivity contribution is 6.33. The summed E-state index contributed by atoms with van der Waals surface area (Å²) >= 11 is 0. The predicted molar refractivity (Wildman–Crippen MR) is 203 cm³/mol. The summed E-state index contributed by atoms with van der Waals surface area (Å²) in [6.45, 7) is 0. The van der Waals surface area contributed by atoms with Gasteiger partial charge < -0.3 is 13.3 Å². The van der Waals surface area contributed by atoms with Gasteiger partial charge in [0.25, 0.3) is 0 Å². The quantitative estimate of drug-likeness (QED) is 0.188. The van der Waals surface area contributed by atoms with Crippen LogP contribution < -0.4 is 0 Å². The third kappa shape index (κ3) is 4.26. The minimum absolute atomic E-state index is 0.492. The smallest absolute Gasteiger partial charge is 0.168 e. The highest BCUT2D eigenvalue weighted by Crippen LogP contribution is 2.47. The van der Waals surface area contributed by atoms with E-state index >= 15 is 0 Å². The molecule has 0 spiro atoms. The number of nitrogens with zero attached hydrogens (tertiary/aromatic N) is 3. The van der Waals surface area contributed by atoms with Crippen molar-refractivity contribution >= 4 is 65.8 Å². The van der Waals surface area contributed by atoms with Crippen molar-refractivity contribution in [3.8, 4) is 45.3 Å². The zero-order valence-corrected chi connectivity index (χ0v) is 27.0. The molecule has 0 aliphatic heterocycles. The molecule has 0 N–H and O–H groups in total. The minimum atomic E-state index is 0.492. The number of furan rings is 3. The van der Waals surface area contributed by atoms with E-state index in [9.17, 15) is 0 Å². The van der Waals surface area contributed by atoms with Crippen molar-refractivity contribution in [3.05, 3.63) is 152 Å². The second kappa shape index (κ2) is 10.7. The van der Waals surface area contributed by atoms with E-state index in [1.165, 1.54) is 0 Å². The van der Waals surface area contributed by atoms with E-state index < -0.39 is 0 Å². The van der Waals surface area contributed by atoms with Crippen LogP contribution in [0.25, 0.3) is 111 Å². The lowest BCUT2D eigenvalue weighted by molar-refractivity contribution is 0.660. The van der Waals surface area contributed by atoms with Gasteiger partial charge in [0, 0.05) is 38.1 Å². The number of para-hydroxylation sites is 2. The first-order chi connectivity index (χ1) is 25.3. The summed E-state index contributed by atoms with van der Waals surface area (Å²) in [6, 6.07) is 51.0. The Bertz CT molecular complexity index is 3120. The van der Waals surface area contributed by atoms with Crippen molar-refractivity contribution in [3.63, 3.8) is 0 Å². The first-order valence-corrected chi connectivity index (χ1v) is 16.9. The van der Waals surface area contributed by atoms with Crippen LogP contribution in [0.5, 0.6) is 0 Å². The maximum Gasteiger partial charge on any atom is 0.168 e. The monoisotopic (exact) mass is 655 g/mol. The SMILES string of the molecule is c1ccc(-c2ccc(-c3nc(-c4ccccc4)nc(-c4cc5oc6ccc7c8ccccc8oc7c6c5c5c4oc4ccccc45)n3)cc2)cc1. The molecule has 4 heterocycles. The Labute approximate surface area is 290 Å². The van der Waals surface area contributed by atoms with Gasteiger partial charge in [-0.3, -0.25) is 0 Å². The lowest BCUT2D eigenvalue weighted by Gasteiger charge is -2.10. The summed E-state index contributed by atoms with van der Waals surface area (Å²) in [4.78, 5) is 15.2. The number of fused-ring (bicyclic) bond motifs is 11. The molecule has 51 heavy (non-hydrogen) atoms. The molecule has 0 aliphatic rings. The molecule has 0 aliphatic carbocycles. The van der Waals surface area contributed by atoms with E-state index in [1.54, 1.807) is 0 Å². The van der Waals surface area contributed by atoms with Crippen LogP contribution in [0.2, 0.25) is 0 Å². The molecule has 0 atom stereocenters. The maximum atomic E-state index is 6.72. The fourth-order valence-corrected chi connectivity index (χ4v) is 7.37. The second-order valence-corrected chi connectivity index (χ2v) is 12.7. The molecule has 7 aromatic carbocycles. The van der Waals surface area contributed by atoms with Crippen molar-refractivity contribution in [2.24, 2.45) is 0 Å². The first-order valence-electron chi connectivity index (χ1n) is 16.9. The molecule has 6 heteroatoms. The number of aromatic nitrogens is 3. The van der Waals surface area contributed by atoms with E-state index in [0.717, 1.165) is 82.5 Å². The standard InChI is InChI=1S/C45H25N3O3/c1-3-11-26(12-4-1)27-19-21-29(22-20-27)44-46-43(28-13-5-2-6-14-28)47-45(48-44)33-25-37-39(38-32-16-8-10-18-35(32)51-42(33)38)40-36(49-37)24-23-31-30-15-7-9-17-34(30)50-41(31)40/h1-25H. The third-order valence-electron chi connectivity index (χ3n) is 9.75. The Morgan fingerprint density at radius 1 is 0.314 bits per heavy atom. The molecule has 0 saturated heterocycles. The molecule has 0 amide bonds. The van der Waals surface area contributed by atoms with Crippen LogP contribution in [0.1, 0.15) is 0 Å². The lowest BCUT2D eigenvalue weighted by Crippen LogP contribution is -2.00. The summed E-state index contributed by atoms with van der Waals surface area (Å²) in [5.74, 6) is 1.63. The van der Waals surface area contributed by atoms with Crippen LogP contribution in [-0.2, 0) is 0 Å². The molecule has 4 aromatic heterocycles. The Balaban J connectivity index is 1.20. The lowest BCUT2D eigenvalue weighted by atomic mass is 10.0. The number of rotatable bonds is 4. The maximum absolute atomic E-state index is 6.72. The van der Waals surface area contributed by atoms with Crippen LogP contribution in [0.15, 0.2) is 165 Å². The van der Waals surface area contributed by atoms with Crippen LogP contribution in [0.3, 0.4) is 0 Å². The van der Waals surface area contributed by atoms with E-state index in [4.69, 9.17) is 28.2 Å². The highest BCUT2D eigenvalue weighted by Gasteiger charge is 2.25. The van der Waals surface area contributed by atoms with Crippen molar-refractivity contribution < 1.29 is 13.3 Å². The predicted octanol–water partition coefficient (Wildman–Crippen LogP) is 12.2. The Kier molecular flexibility index (Phi) is 5.86. The average molecular weight is 656 g/mol. The zero-order valence-electron chi connectivity index (χ0n) is 27.0. The van der Waals surface area contributed by atoms with Crippen LogP contribution in [0, 0.1) is 0 Å². The Morgan fingerprint density at radius 3 is 1.61 bits per heavy atom. The van der Waals surface area contributed by atoms with Gasteiger partial charge in [0.05, 0.1) is 10.9 Å². The summed E-state index contributed by atoms with van der Waals surface area (Å²) in [5, 5.41) is 5.87. The molecule has 238 valence electrons. The van der Waals surface area contributed by atoms with Crippen molar-refractivity contribution in [2.75, 3.05) is 0 Å². The van der Waals surface area contributed by atoms with Gasteiger partial charge in [-0.25, -0.2) is 15.0 Å². The summed E-state index contributed by atoms with van der Waals surface area (Å²) < 4.78 is 19.9. The van der Waals surface area contributed by atoms with E-state index in [1.807, 2.05) is 97.1 Å². The molecule has 0 unspecified atom stereocenters. The van der Waals surface area contributed by atoms with Gasteiger partial charge in [0.15, 0.2) is 17.5 Å². The second-order valence-electron chi connectivity index (χ2n) is 12.7. The topological polar surface area (TPSA) is 78.1 Å². The molecule has 11 aromatic rings. The number of hydrogen-bond acceptors (Lipinski definition) is 6. The molecule has 11 rings (SSSR count). The number of hydrogen-bond donors (Lipinski definition) is 0. The molecular weight excluding hydrogens is 631 g/mol. The largest absolute Gasteiger partial charge is 0.456 e. The van der Waals surface area contributed by atoms with E-state index in [2.05, 4.69) is 54.6 Å². The first kappa shape index (κ1) is 27.9. The average Bonchev–Trinajstić information content (AvgIpc) is 3.89. The van der Waals surface area contributed by atoms with Crippen molar-refractivity contribution in [1.82, 2.24) is 15.0 Å². The molecule has 0 bridgehead atoms. The van der Waals surface area contributed by atoms with Gasteiger partial charge in [0.2, 0.25) is 0 Å². The molecular formula is C45H25N3O3. The molecule has 0 fully saturated rings. The van der Waals surface area contributed by atoms with Gasteiger partial charge in [-0.15, -0.1) is 0 Å². The Hall–Kier alpha value is -7.05. The van der Waals surface area contributed by atoms with Gasteiger partial charge in [-0.05, 0) is 41.5 Å². The van der Waals surface area contributed by atoms with Crippen LogP contribution >= 0.6 is 0 Å². The fraction of sp³-hybridized carbons (Fsp3) is 0. The van der Waals surface area contributed by atoms with E-state index in [-0.39, 0.29) is 0 Å². The van der Waals surface area contributed by atoms with Gasteiger partial charge >= 0.3 is 0 Å². The third-order valence-corrected chi connectivity index (χ3v) is 9.75. The molecule has 6 nitrogen and oxygen atoms in total. The van der Waals surface area contributed by atoms with E-state index in [0.29, 0.717) is 28.6 Å². The minimum Gasteiger partial charge on any atom is -0.456 e. The summed E-state index contributed by atoms with van der Waals surface area (Å²) in [7, 11) is 0. The highest BCUT2D eigenvalue weighted by atomic mass is 16.3. The van der Waals surface area contributed by atoms with Gasteiger partial charge in [-0.1, -0.05) is 121 Å². The Morgan fingerprint density at radius 2 is 0.863 bits per heavy atom. The molecule has 0 saturated carbocycles. The van der Waals surface area contributed by atoms with Gasteiger partial charge in [0.1, 0.15) is 33.5 Å². The van der Waals surface area contributed by atoms with Crippen molar-refractivity contribution in [1.29, 1.82) is 0 Å². The van der Waals surface area contributed by atoms with Crippen LogP contribution in [0.4, 0.5) is 0 Å². The van der Waals surface area contributed by atoms with Gasteiger partial charge in [-0.2, -0.15) is 0 Å². The van der Waals surface area contributed by atoms with Crippen LogP contribution in [-0.4, -0.2) is 15.0 Å². The number of benzene rings is 7. The summed E-state index contributed by atoms with van der Waals surface area (Å²) in [5.41, 5.74) is 9.26. The van der Waals surface area contributed by atoms with Crippen molar-refractivity contribution in [2.45, 2.75) is 0 Å². The normalized spacial score (nSPS) is 11.9. The zero-order chi connectivity index (χ0) is 33.5.